The molecule has 0 unspecified atom stereocenters. The Balaban J connectivity index is 2.83. The van der Waals surface area contributed by atoms with E-state index in [1.807, 2.05) is 0 Å². The van der Waals surface area contributed by atoms with Crippen LogP contribution >= 0.6 is 0 Å². The van der Waals surface area contributed by atoms with Gasteiger partial charge in [-0.15, -0.1) is 5.10 Å². The Morgan fingerprint density at radius 2 is 2.31 bits per heavy atom. The van der Waals surface area contributed by atoms with E-state index in [2.05, 4.69) is 15.3 Å². The van der Waals surface area contributed by atoms with Gasteiger partial charge in [-0.1, -0.05) is 5.21 Å². The second-order valence-electron chi connectivity index (χ2n) is 2.63. The highest BCUT2D eigenvalue weighted by Crippen LogP contribution is 2.25. The predicted molar refractivity (Wildman–Crippen MR) is 47.3 cm³/mol. The van der Waals surface area contributed by atoms with Crippen molar-refractivity contribution < 1.29 is 4.74 Å². The zero-order valence-corrected chi connectivity index (χ0v) is 7.35. The monoisotopic (exact) mass is 179 g/mol. The minimum Gasteiger partial charge on any atom is -0.479 e. The minimum atomic E-state index is 0.401. The van der Waals surface area contributed by atoms with E-state index in [-0.39, 0.29) is 0 Å². The summed E-state index contributed by atoms with van der Waals surface area (Å²) < 4.78 is 6.56. The van der Waals surface area contributed by atoms with Gasteiger partial charge in [0.1, 0.15) is 16.7 Å². The number of anilines is 1. The summed E-state index contributed by atoms with van der Waals surface area (Å²) in [4.78, 5) is 3.98. The van der Waals surface area contributed by atoms with E-state index in [1.165, 1.54) is 7.11 Å². The van der Waals surface area contributed by atoms with Crippen molar-refractivity contribution in [1.82, 2.24) is 20.0 Å². The summed E-state index contributed by atoms with van der Waals surface area (Å²) in [6.07, 6.45) is 1.58. The van der Waals surface area contributed by atoms with Crippen molar-refractivity contribution >= 4 is 16.7 Å². The highest BCUT2D eigenvalue weighted by molar-refractivity contribution is 5.88. The zero-order valence-electron chi connectivity index (χ0n) is 7.35. The maximum absolute atomic E-state index is 5.79. The van der Waals surface area contributed by atoms with Gasteiger partial charge in [-0.3, -0.25) is 0 Å². The van der Waals surface area contributed by atoms with Gasteiger partial charge in [-0.2, -0.15) is 0 Å². The molecular weight excluding hydrogens is 170 g/mol. The first-order valence-electron chi connectivity index (χ1n) is 3.72. The van der Waals surface area contributed by atoms with Crippen LogP contribution in [0.1, 0.15) is 0 Å². The molecule has 0 aliphatic heterocycles. The van der Waals surface area contributed by atoms with Gasteiger partial charge < -0.3 is 10.5 Å². The molecule has 0 atom stereocenters. The molecule has 0 radical (unpaired) electrons. The lowest BCUT2D eigenvalue weighted by molar-refractivity contribution is 0.401. The maximum atomic E-state index is 5.79. The smallest absolute Gasteiger partial charge is 0.239 e. The van der Waals surface area contributed by atoms with Gasteiger partial charge in [0.25, 0.3) is 0 Å². The Hall–Kier alpha value is -1.85. The maximum Gasteiger partial charge on any atom is 0.239 e. The van der Waals surface area contributed by atoms with E-state index in [9.17, 15) is 0 Å². The van der Waals surface area contributed by atoms with Gasteiger partial charge in [0.2, 0.25) is 5.88 Å². The second-order valence-corrected chi connectivity index (χ2v) is 2.63. The number of nitrogen functional groups attached to an aromatic ring is 1. The molecular formula is C7H9N5O. The molecule has 13 heavy (non-hydrogen) atoms. The van der Waals surface area contributed by atoms with Crippen molar-refractivity contribution in [2.45, 2.75) is 0 Å². The third-order valence-electron chi connectivity index (χ3n) is 1.84. The molecule has 0 saturated carbocycles. The van der Waals surface area contributed by atoms with Crippen LogP contribution in [-0.2, 0) is 7.05 Å². The molecule has 6 heteroatoms. The lowest BCUT2D eigenvalue weighted by Crippen LogP contribution is -1.99. The Labute approximate surface area is 74.3 Å². The van der Waals surface area contributed by atoms with Crippen LogP contribution in [0.25, 0.3) is 11.0 Å². The van der Waals surface area contributed by atoms with Crippen LogP contribution in [0.15, 0.2) is 6.20 Å². The summed E-state index contributed by atoms with van der Waals surface area (Å²) in [6.45, 7) is 0. The molecule has 0 bridgehead atoms. The number of ether oxygens (including phenoxy) is 1. The van der Waals surface area contributed by atoms with Crippen molar-refractivity contribution in [2.75, 3.05) is 12.8 Å². The number of pyridine rings is 1. The number of rotatable bonds is 1. The Bertz CT molecular complexity index is 449. The second kappa shape index (κ2) is 2.58. The number of methoxy groups -OCH3 is 1. The molecule has 0 aliphatic carbocycles. The quantitative estimate of drug-likeness (QED) is 0.664. The predicted octanol–water partition coefficient (Wildman–Crippen LogP) is -0.0459. The van der Waals surface area contributed by atoms with Crippen LogP contribution in [-0.4, -0.2) is 27.1 Å². The van der Waals surface area contributed by atoms with Gasteiger partial charge >= 0.3 is 0 Å². The van der Waals surface area contributed by atoms with Crippen molar-refractivity contribution in [3.63, 3.8) is 0 Å². The molecule has 2 heterocycles. The van der Waals surface area contributed by atoms with Crippen molar-refractivity contribution in [2.24, 2.45) is 7.05 Å². The van der Waals surface area contributed by atoms with E-state index in [0.717, 1.165) is 5.52 Å². The third-order valence-corrected chi connectivity index (χ3v) is 1.84. The molecule has 0 aromatic carbocycles. The zero-order chi connectivity index (χ0) is 9.42. The lowest BCUT2D eigenvalue weighted by atomic mass is 10.3. The van der Waals surface area contributed by atoms with Crippen LogP contribution in [0.3, 0.4) is 0 Å². The van der Waals surface area contributed by atoms with Crippen LogP contribution in [0.2, 0.25) is 0 Å². The lowest BCUT2D eigenvalue weighted by Gasteiger charge is -2.03. The molecule has 0 fully saturated rings. The number of hydrogen-bond donors (Lipinski definition) is 1. The van der Waals surface area contributed by atoms with Crippen LogP contribution in [0.4, 0.5) is 5.69 Å². The summed E-state index contributed by atoms with van der Waals surface area (Å²) in [5, 5.41) is 7.69. The molecule has 2 aromatic heterocycles. The first-order chi connectivity index (χ1) is 6.24. The number of hydrogen-bond acceptors (Lipinski definition) is 5. The summed E-state index contributed by atoms with van der Waals surface area (Å²) in [5.74, 6) is 0.401. The van der Waals surface area contributed by atoms with E-state index in [0.29, 0.717) is 17.1 Å². The number of fused-ring (bicyclic) bond motifs is 1. The molecule has 2 aromatic rings. The summed E-state index contributed by atoms with van der Waals surface area (Å²) in [5.41, 5.74) is 7.66. The highest BCUT2D eigenvalue weighted by atomic mass is 16.5. The first kappa shape index (κ1) is 7.78. The fourth-order valence-electron chi connectivity index (χ4n) is 1.23. The van der Waals surface area contributed by atoms with Crippen LogP contribution in [0, 0.1) is 0 Å². The van der Waals surface area contributed by atoms with Crippen molar-refractivity contribution in [1.29, 1.82) is 0 Å². The van der Waals surface area contributed by atoms with E-state index >= 15 is 0 Å². The van der Waals surface area contributed by atoms with E-state index < -0.39 is 0 Å². The molecule has 2 N–H and O–H groups in total. The summed E-state index contributed by atoms with van der Waals surface area (Å²) >= 11 is 0. The molecule has 68 valence electrons. The molecule has 0 aliphatic rings. The summed E-state index contributed by atoms with van der Waals surface area (Å²) in [7, 11) is 3.29. The SMILES string of the molecule is COc1ncc2nnn(C)c2c1N. The third kappa shape index (κ3) is 0.986. The first-order valence-corrected chi connectivity index (χ1v) is 3.72. The fraction of sp³-hybridized carbons (Fsp3) is 0.286. The van der Waals surface area contributed by atoms with Gasteiger partial charge in [0.05, 0.1) is 13.3 Å². The number of nitrogens with two attached hydrogens (primary N) is 1. The topological polar surface area (TPSA) is 78.9 Å². The van der Waals surface area contributed by atoms with Crippen molar-refractivity contribution in [3.8, 4) is 5.88 Å². The molecule has 0 amide bonds. The van der Waals surface area contributed by atoms with Crippen molar-refractivity contribution in [3.05, 3.63) is 6.20 Å². The molecule has 0 saturated heterocycles. The standard InChI is InChI=1S/C7H9N5O/c1-12-6-4(10-11-12)3-9-7(13-2)5(6)8/h3H,8H2,1-2H3. The molecule has 6 nitrogen and oxygen atoms in total. The van der Waals surface area contributed by atoms with Crippen LogP contribution < -0.4 is 10.5 Å². The molecule has 2 rings (SSSR count). The average Bonchev–Trinajstić information content (AvgIpc) is 2.49. The average molecular weight is 179 g/mol. The number of nitrogens with zero attached hydrogens (tertiary/aromatic N) is 4. The van der Waals surface area contributed by atoms with E-state index in [1.54, 1.807) is 17.9 Å². The van der Waals surface area contributed by atoms with Gasteiger partial charge in [-0.25, -0.2) is 9.67 Å². The normalized spacial score (nSPS) is 10.6. The minimum absolute atomic E-state index is 0.401. The number of aromatic nitrogens is 4. The Kier molecular flexibility index (Phi) is 1.54. The van der Waals surface area contributed by atoms with Gasteiger partial charge in [0, 0.05) is 7.05 Å². The Morgan fingerprint density at radius 3 is 3.00 bits per heavy atom. The number of aryl methyl sites for hydroxylation is 1. The van der Waals surface area contributed by atoms with Crippen LogP contribution in [0.5, 0.6) is 5.88 Å². The van der Waals surface area contributed by atoms with Gasteiger partial charge in [0.15, 0.2) is 0 Å². The van der Waals surface area contributed by atoms with E-state index in [4.69, 9.17) is 10.5 Å². The largest absolute Gasteiger partial charge is 0.479 e. The summed E-state index contributed by atoms with van der Waals surface area (Å²) in [6, 6.07) is 0. The highest BCUT2D eigenvalue weighted by Gasteiger charge is 2.10. The fourth-order valence-corrected chi connectivity index (χ4v) is 1.23. The Morgan fingerprint density at radius 1 is 1.54 bits per heavy atom. The van der Waals surface area contributed by atoms with Gasteiger partial charge in [-0.05, 0) is 0 Å². The molecule has 0 spiro atoms.